The highest BCUT2D eigenvalue weighted by atomic mass is 32.2. The maximum atomic E-state index is 11.6. The van der Waals surface area contributed by atoms with Gasteiger partial charge in [0.2, 0.25) is 10.0 Å². The van der Waals surface area contributed by atoms with Crippen LogP contribution in [0.3, 0.4) is 0 Å². The van der Waals surface area contributed by atoms with Crippen LogP contribution in [0.1, 0.15) is 27.2 Å². The predicted molar refractivity (Wildman–Crippen MR) is 54.4 cm³/mol. The number of sulfonamides is 1. The molecule has 0 radical (unpaired) electrons. The smallest absolute Gasteiger partial charge is 0.215 e. The molecule has 1 heterocycles. The van der Waals surface area contributed by atoms with Gasteiger partial charge in [0, 0.05) is 13.0 Å². The van der Waals surface area contributed by atoms with E-state index in [0.717, 1.165) is 0 Å². The SMILES string of the molecule is CCC(=O)C(C)N1CC(C)CS1(=O)=O. The standard InChI is InChI=1S/C9H17NO3S/c1-4-9(11)8(3)10-5-7(2)6-14(10,12)13/h7-8H,4-6H2,1-3H3. The van der Waals surface area contributed by atoms with Gasteiger partial charge >= 0.3 is 0 Å². The topological polar surface area (TPSA) is 54.5 Å². The van der Waals surface area contributed by atoms with Gasteiger partial charge in [-0.05, 0) is 12.8 Å². The molecule has 0 spiro atoms. The molecule has 0 N–H and O–H groups in total. The van der Waals surface area contributed by atoms with Gasteiger partial charge in [-0.25, -0.2) is 8.42 Å². The summed E-state index contributed by atoms with van der Waals surface area (Å²) in [4.78, 5) is 11.4. The maximum Gasteiger partial charge on any atom is 0.215 e. The van der Waals surface area contributed by atoms with Crippen LogP contribution in [0.15, 0.2) is 0 Å². The number of hydrogen-bond donors (Lipinski definition) is 0. The summed E-state index contributed by atoms with van der Waals surface area (Å²) in [6.45, 7) is 5.79. The molecule has 0 aromatic heterocycles. The first-order valence-electron chi connectivity index (χ1n) is 4.90. The van der Waals surface area contributed by atoms with Crippen LogP contribution in [0, 0.1) is 5.92 Å². The number of carbonyl (C=O) groups is 1. The fraction of sp³-hybridized carbons (Fsp3) is 0.889. The Balaban J connectivity index is 2.84. The van der Waals surface area contributed by atoms with E-state index in [-0.39, 0.29) is 17.5 Å². The van der Waals surface area contributed by atoms with Crippen LogP contribution in [0.4, 0.5) is 0 Å². The van der Waals surface area contributed by atoms with Crippen molar-refractivity contribution in [2.45, 2.75) is 33.2 Å². The van der Waals surface area contributed by atoms with E-state index in [4.69, 9.17) is 0 Å². The van der Waals surface area contributed by atoms with Crippen molar-refractivity contribution in [3.05, 3.63) is 0 Å². The van der Waals surface area contributed by atoms with E-state index in [1.165, 1.54) is 4.31 Å². The number of nitrogens with zero attached hydrogens (tertiary/aromatic N) is 1. The first-order valence-corrected chi connectivity index (χ1v) is 6.51. The van der Waals surface area contributed by atoms with E-state index >= 15 is 0 Å². The molecule has 1 aliphatic rings. The summed E-state index contributed by atoms with van der Waals surface area (Å²) in [5, 5.41) is 0. The highest BCUT2D eigenvalue weighted by Gasteiger charge is 2.38. The Bertz CT molecular complexity index is 323. The van der Waals surface area contributed by atoms with Crippen LogP contribution in [0.5, 0.6) is 0 Å². The van der Waals surface area contributed by atoms with Crippen LogP contribution >= 0.6 is 0 Å². The Morgan fingerprint density at radius 3 is 2.50 bits per heavy atom. The second-order valence-electron chi connectivity index (χ2n) is 3.95. The number of hydrogen-bond acceptors (Lipinski definition) is 3. The fourth-order valence-electron chi connectivity index (χ4n) is 1.78. The highest BCUT2D eigenvalue weighted by Crippen LogP contribution is 2.22. The molecule has 1 saturated heterocycles. The van der Waals surface area contributed by atoms with Crippen molar-refractivity contribution in [2.75, 3.05) is 12.3 Å². The van der Waals surface area contributed by atoms with Crippen LogP contribution in [0.2, 0.25) is 0 Å². The van der Waals surface area contributed by atoms with Crippen molar-refractivity contribution in [3.63, 3.8) is 0 Å². The molecule has 82 valence electrons. The van der Waals surface area contributed by atoms with Crippen LogP contribution < -0.4 is 0 Å². The molecule has 0 aromatic rings. The van der Waals surface area contributed by atoms with Gasteiger partial charge in [-0.1, -0.05) is 13.8 Å². The Labute approximate surface area is 85.3 Å². The van der Waals surface area contributed by atoms with Gasteiger partial charge in [0.1, 0.15) is 0 Å². The third kappa shape index (κ3) is 2.15. The van der Waals surface area contributed by atoms with E-state index < -0.39 is 16.1 Å². The summed E-state index contributed by atoms with van der Waals surface area (Å²) in [6.07, 6.45) is 0.390. The predicted octanol–water partition coefficient (Wildman–Crippen LogP) is 0.636. The van der Waals surface area contributed by atoms with Crippen LogP contribution in [-0.2, 0) is 14.8 Å². The molecule has 0 bridgehead atoms. The molecule has 2 atom stereocenters. The van der Waals surface area contributed by atoms with Crippen LogP contribution in [0.25, 0.3) is 0 Å². The monoisotopic (exact) mass is 219 g/mol. The molecule has 2 unspecified atom stereocenters. The largest absolute Gasteiger partial charge is 0.298 e. The zero-order chi connectivity index (χ0) is 10.9. The van der Waals surface area contributed by atoms with E-state index in [1.54, 1.807) is 13.8 Å². The number of rotatable bonds is 3. The first-order chi connectivity index (χ1) is 6.38. The molecule has 0 aromatic carbocycles. The Kier molecular flexibility index (Phi) is 3.32. The van der Waals surface area contributed by atoms with Gasteiger partial charge in [-0.2, -0.15) is 4.31 Å². The van der Waals surface area contributed by atoms with Crippen molar-refractivity contribution in [2.24, 2.45) is 5.92 Å². The molecule has 1 fully saturated rings. The van der Waals surface area contributed by atoms with Crippen molar-refractivity contribution in [1.29, 1.82) is 0 Å². The molecule has 1 aliphatic heterocycles. The second-order valence-corrected chi connectivity index (χ2v) is 5.92. The van der Waals surface area contributed by atoms with E-state index in [2.05, 4.69) is 0 Å². The lowest BCUT2D eigenvalue weighted by Gasteiger charge is -2.21. The highest BCUT2D eigenvalue weighted by molar-refractivity contribution is 7.89. The summed E-state index contributed by atoms with van der Waals surface area (Å²) >= 11 is 0. The fourth-order valence-corrected chi connectivity index (χ4v) is 3.88. The van der Waals surface area contributed by atoms with Gasteiger partial charge < -0.3 is 0 Å². The molecule has 0 aliphatic carbocycles. The quantitative estimate of drug-likeness (QED) is 0.699. The number of Topliss-reactive ketones (excluding diaryl/α,β-unsaturated/α-hetero) is 1. The third-order valence-corrected chi connectivity index (χ3v) is 4.76. The Morgan fingerprint density at radius 2 is 2.14 bits per heavy atom. The lowest BCUT2D eigenvalue weighted by Crippen LogP contribution is -2.39. The minimum Gasteiger partial charge on any atom is -0.298 e. The zero-order valence-corrected chi connectivity index (χ0v) is 9.67. The van der Waals surface area contributed by atoms with Gasteiger partial charge in [0.15, 0.2) is 5.78 Å². The van der Waals surface area contributed by atoms with Crippen molar-refractivity contribution < 1.29 is 13.2 Å². The first kappa shape index (κ1) is 11.7. The van der Waals surface area contributed by atoms with Gasteiger partial charge in [-0.3, -0.25) is 4.79 Å². The minimum atomic E-state index is -3.18. The van der Waals surface area contributed by atoms with Gasteiger partial charge in [0.05, 0.1) is 11.8 Å². The van der Waals surface area contributed by atoms with E-state index in [1.807, 2.05) is 6.92 Å². The van der Waals surface area contributed by atoms with Crippen molar-refractivity contribution in [3.8, 4) is 0 Å². The van der Waals surface area contributed by atoms with E-state index in [0.29, 0.717) is 13.0 Å². The maximum absolute atomic E-state index is 11.6. The molecule has 0 amide bonds. The third-order valence-electron chi connectivity index (χ3n) is 2.59. The molecule has 1 rings (SSSR count). The summed E-state index contributed by atoms with van der Waals surface area (Å²) in [5.74, 6) is 0.295. The lowest BCUT2D eigenvalue weighted by molar-refractivity contribution is -0.121. The zero-order valence-electron chi connectivity index (χ0n) is 8.86. The normalized spacial score (nSPS) is 28.9. The second kappa shape index (κ2) is 3.98. The molecular formula is C9H17NO3S. The lowest BCUT2D eigenvalue weighted by atomic mass is 10.1. The number of carbonyl (C=O) groups excluding carboxylic acids is 1. The van der Waals surface area contributed by atoms with Gasteiger partial charge in [0.25, 0.3) is 0 Å². The average molecular weight is 219 g/mol. The molecule has 0 saturated carbocycles. The summed E-state index contributed by atoms with van der Waals surface area (Å²) in [5.41, 5.74) is 0. The molecule has 14 heavy (non-hydrogen) atoms. The summed E-state index contributed by atoms with van der Waals surface area (Å²) < 4.78 is 24.6. The summed E-state index contributed by atoms with van der Waals surface area (Å²) in [7, 11) is -3.18. The van der Waals surface area contributed by atoms with Crippen molar-refractivity contribution in [1.82, 2.24) is 4.31 Å². The molecular weight excluding hydrogens is 202 g/mol. The van der Waals surface area contributed by atoms with E-state index in [9.17, 15) is 13.2 Å². The van der Waals surface area contributed by atoms with Gasteiger partial charge in [-0.15, -0.1) is 0 Å². The minimum absolute atomic E-state index is 0.0114. The molecule has 4 nitrogen and oxygen atoms in total. The Hall–Kier alpha value is -0.420. The summed E-state index contributed by atoms with van der Waals surface area (Å²) in [6, 6.07) is -0.491. The van der Waals surface area contributed by atoms with Crippen molar-refractivity contribution >= 4 is 15.8 Å². The molecule has 5 heteroatoms. The Morgan fingerprint density at radius 1 is 1.57 bits per heavy atom. The average Bonchev–Trinajstić information content (AvgIpc) is 2.36. The van der Waals surface area contributed by atoms with Crippen LogP contribution in [-0.4, -0.2) is 36.8 Å². The number of ketones is 1.